The molecule has 1 saturated carbocycles. The molecular formula is C26H38N6O3S. The fraction of sp³-hybridized carbons (Fsp3) is 0.577. The fourth-order valence-corrected chi connectivity index (χ4v) is 5.38. The highest BCUT2D eigenvalue weighted by Crippen LogP contribution is 2.30. The van der Waals surface area contributed by atoms with Crippen molar-refractivity contribution in [2.75, 3.05) is 19.4 Å². The van der Waals surface area contributed by atoms with Gasteiger partial charge in [0.05, 0.1) is 6.04 Å². The van der Waals surface area contributed by atoms with Crippen LogP contribution in [-0.2, 0) is 14.4 Å². The van der Waals surface area contributed by atoms with Crippen molar-refractivity contribution in [3.05, 3.63) is 30.3 Å². The van der Waals surface area contributed by atoms with Gasteiger partial charge in [-0.3, -0.25) is 14.4 Å². The van der Waals surface area contributed by atoms with Gasteiger partial charge in [-0.2, -0.15) is 0 Å². The first-order chi connectivity index (χ1) is 17.2. The lowest BCUT2D eigenvalue weighted by atomic mass is 9.83. The molecule has 1 aromatic heterocycles. The maximum atomic E-state index is 13.8. The van der Waals surface area contributed by atoms with Crippen LogP contribution in [0.4, 0.5) is 5.00 Å². The Morgan fingerprint density at radius 2 is 1.69 bits per heavy atom. The first kappa shape index (κ1) is 27.7. The van der Waals surface area contributed by atoms with E-state index < -0.39 is 18.1 Å². The fourth-order valence-electron chi connectivity index (χ4n) is 4.78. The molecular weight excluding hydrogens is 476 g/mol. The third-order valence-electron chi connectivity index (χ3n) is 6.95. The number of nitrogens with zero attached hydrogens (tertiary/aromatic N) is 3. The lowest BCUT2D eigenvalue weighted by Crippen LogP contribution is -2.58. The Hall–Kier alpha value is -2.85. The molecule has 0 bridgehead atoms. The number of rotatable bonds is 10. The Morgan fingerprint density at radius 3 is 2.31 bits per heavy atom. The average molecular weight is 515 g/mol. The normalized spacial score (nSPS) is 16.7. The van der Waals surface area contributed by atoms with Crippen LogP contribution in [0.3, 0.4) is 0 Å². The van der Waals surface area contributed by atoms with Crippen LogP contribution in [0.15, 0.2) is 30.3 Å². The number of carbonyl (C=O) groups excluding carboxylic acids is 3. The third kappa shape index (κ3) is 6.67. The van der Waals surface area contributed by atoms with Crippen molar-refractivity contribution in [3.8, 4) is 11.3 Å². The lowest BCUT2D eigenvalue weighted by Gasteiger charge is -2.37. The minimum atomic E-state index is -0.729. The van der Waals surface area contributed by atoms with E-state index in [-0.39, 0.29) is 29.6 Å². The van der Waals surface area contributed by atoms with E-state index in [0.717, 1.165) is 49.2 Å². The van der Waals surface area contributed by atoms with Gasteiger partial charge in [0.1, 0.15) is 22.8 Å². The summed E-state index contributed by atoms with van der Waals surface area (Å²) in [7, 11) is 3.37. The molecule has 3 atom stereocenters. The van der Waals surface area contributed by atoms with Gasteiger partial charge in [0.25, 0.3) is 0 Å². The minimum Gasteiger partial charge on any atom is -0.343 e. The lowest BCUT2D eigenvalue weighted by molar-refractivity contribution is -0.143. The highest BCUT2D eigenvalue weighted by Gasteiger charge is 2.38. The van der Waals surface area contributed by atoms with Gasteiger partial charge >= 0.3 is 0 Å². The molecule has 36 heavy (non-hydrogen) atoms. The second kappa shape index (κ2) is 12.9. The van der Waals surface area contributed by atoms with E-state index in [1.54, 1.807) is 21.0 Å². The number of hydrogen-bond donors (Lipinski definition) is 3. The Labute approximate surface area is 217 Å². The molecule has 9 nitrogen and oxygen atoms in total. The SMILES string of the molecule is CN[C@@H](C)C(=O)N[C@H](C(=O)N(C)[C@H](C(=O)Nc1snnc1-c1ccccc1)C(C)C)C1CCCCC1. The number of amides is 3. The van der Waals surface area contributed by atoms with E-state index in [1.807, 2.05) is 44.2 Å². The van der Waals surface area contributed by atoms with Crippen molar-refractivity contribution in [3.63, 3.8) is 0 Å². The van der Waals surface area contributed by atoms with Gasteiger partial charge in [-0.25, -0.2) is 0 Å². The molecule has 0 radical (unpaired) electrons. The van der Waals surface area contributed by atoms with Gasteiger partial charge in [0.15, 0.2) is 0 Å². The van der Waals surface area contributed by atoms with Gasteiger partial charge in [-0.05, 0) is 38.6 Å². The van der Waals surface area contributed by atoms with Gasteiger partial charge in [-0.1, -0.05) is 67.9 Å². The minimum absolute atomic E-state index is 0.0490. The Balaban J connectivity index is 1.81. The smallest absolute Gasteiger partial charge is 0.248 e. The second-order valence-corrected chi connectivity index (χ2v) is 10.6. The summed E-state index contributed by atoms with van der Waals surface area (Å²) in [5.74, 6) is -0.866. The summed E-state index contributed by atoms with van der Waals surface area (Å²) in [6, 6.07) is 7.71. The van der Waals surface area contributed by atoms with Crippen molar-refractivity contribution >= 4 is 34.3 Å². The summed E-state index contributed by atoms with van der Waals surface area (Å²) in [6.07, 6.45) is 4.96. The summed E-state index contributed by atoms with van der Waals surface area (Å²) >= 11 is 1.10. The van der Waals surface area contributed by atoms with Crippen LogP contribution in [-0.4, -0.2) is 64.4 Å². The van der Waals surface area contributed by atoms with Gasteiger partial charge in [-0.15, -0.1) is 5.10 Å². The maximum Gasteiger partial charge on any atom is 0.248 e. The zero-order valence-corrected chi connectivity index (χ0v) is 22.6. The van der Waals surface area contributed by atoms with Gasteiger partial charge in [0, 0.05) is 24.1 Å². The van der Waals surface area contributed by atoms with E-state index in [4.69, 9.17) is 0 Å². The van der Waals surface area contributed by atoms with Crippen LogP contribution < -0.4 is 16.0 Å². The highest BCUT2D eigenvalue weighted by atomic mass is 32.1. The molecule has 0 spiro atoms. The Bertz CT molecular complexity index is 1020. The molecule has 0 unspecified atom stereocenters. The monoisotopic (exact) mass is 514 g/mol. The summed E-state index contributed by atoms with van der Waals surface area (Å²) in [6.45, 7) is 5.59. The number of anilines is 1. The van der Waals surface area contributed by atoms with Crippen LogP contribution in [0.2, 0.25) is 0 Å². The molecule has 196 valence electrons. The molecule has 1 aliphatic rings. The van der Waals surface area contributed by atoms with Crippen molar-refractivity contribution in [2.45, 2.75) is 71.0 Å². The summed E-state index contributed by atoms with van der Waals surface area (Å²) in [4.78, 5) is 41.6. The molecule has 2 aromatic rings. The molecule has 10 heteroatoms. The molecule has 1 fully saturated rings. The number of carbonyl (C=O) groups is 3. The molecule has 1 aliphatic carbocycles. The van der Waals surface area contributed by atoms with Crippen LogP contribution in [0.1, 0.15) is 52.9 Å². The quantitative estimate of drug-likeness (QED) is 0.448. The number of benzene rings is 1. The summed E-state index contributed by atoms with van der Waals surface area (Å²) in [5, 5.41) is 13.6. The summed E-state index contributed by atoms with van der Waals surface area (Å²) in [5.41, 5.74) is 1.45. The molecule has 3 N–H and O–H groups in total. The van der Waals surface area contributed by atoms with Gasteiger partial charge in [0.2, 0.25) is 17.7 Å². The molecule has 0 saturated heterocycles. The van der Waals surface area contributed by atoms with Crippen molar-refractivity contribution in [1.82, 2.24) is 25.1 Å². The second-order valence-electron chi connectivity index (χ2n) is 9.84. The Morgan fingerprint density at radius 1 is 1.03 bits per heavy atom. The predicted molar refractivity (Wildman–Crippen MR) is 142 cm³/mol. The molecule has 3 amide bonds. The van der Waals surface area contributed by atoms with Crippen LogP contribution in [0.5, 0.6) is 0 Å². The highest BCUT2D eigenvalue weighted by molar-refractivity contribution is 7.10. The number of nitrogens with one attached hydrogen (secondary N) is 3. The Kier molecular flexibility index (Phi) is 9.95. The van der Waals surface area contributed by atoms with E-state index in [0.29, 0.717) is 10.7 Å². The van der Waals surface area contributed by atoms with E-state index in [1.165, 1.54) is 4.90 Å². The largest absolute Gasteiger partial charge is 0.343 e. The first-order valence-corrected chi connectivity index (χ1v) is 13.4. The molecule has 0 aliphatic heterocycles. The average Bonchev–Trinajstić information content (AvgIpc) is 3.35. The number of hydrogen-bond acceptors (Lipinski definition) is 7. The van der Waals surface area contributed by atoms with E-state index in [9.17, 15) is 14.4 Å². The molecule has 1 heterocycles. The van der Waals surface area contributed by atoms with Crippen LogP contribution in [0, 0.1) is 11.8 Å². The predicted octanol–water partition coefficient (Wildman–Crippen LogP) is 3.30. The van der Waals surface area contributed by atoms with Crippen LogP contribution >= 0.6 is 11.5 Å². The molecule has 1 aromatic carbocycles. The van der Waals surface area contributed by atoms with E-state index in [2.05, 4.69) is 25.5 Å². The zero-order chi connectivity index (χ0) is 26.2. The van der Waals surface area contributed by atoms with Gasteiger partial charge < -0.3 is 20.9 Å². The first-order valence-electron chi connectivity index (χ1n) is 12.7. The molecule has 3 rings (SSSR count). The number of aromatic nitrogens is 2. The number of likely N-dealkylation sites (N-methyl/N-ethyl adjacent to an activating group) is 2. The zero-order valence-electron chi connectivity index (χ0n) is 21.8. The van der Waals surface area contributed by atoms with Crippen molar-refractivity contribution in [1.29, 1.82) is 0 Å². The van der Waals surface area contributed by atoms with Crippen molar-refractivity contribution < 1.29 is 14.4 Å². The summed E-state index contributed by atoms with van der Waals surface area (Å²) < 4.78 is 4.03. The van der Waals surface area contributed by atoms with Crippen LogP contribution in [0.25, 0.3) is 11.3 Å². The third-order valence-corrected chi connectivity index (χ3v) is 7.59. The topological polar surface area (TPSA) is 116 Å². The van der Waals surface area contributed by atoms with Crippen molar-refractivity contribution in [2.24, 2.45) is 11.8 Å². The maximum absolute atomic E-state index is 13.8. The van der Waals surface area contributed by atoms with E-state index >= 15 is 0 Å². The standard InChI is InChI=1S/C26H38N6O3S/c1-16(2)22(24(34)29-25-20(30-31-36-25)18-12-8-6-9-13-18)32(5)26(35)21(19-14-10-7-11-15-19)28-23(33)17(3)27-4/h6,8-9,12-13,16-17,19,21-22,27H,7,10-11,14-15H2,1-5H3,(H,28,33)(H,29,34)/t17-,21-,22-/m0/s1.